The lowest BCUT2D eigenvalue weighted by molar-refractivity contribution is -0.150. The summed E-state index contributed by atoms with van der Waals surface area (Å²) in [7, 11) is 1.29. The monoisotopic (exact) mass is 370 g/mol. The van der Waals surface area contributed by atoms with Crippen molar-refractivity contribution in [3.63, 3.8) is 0 Å². The van der Waals surface area contributed by atoms with Crippen molar-refractivity contribution in [1.82, 2.24) is 0 Å². The molecule has 1 heterocycles. The van der Waals surface area contributed by atoms with Crippen LogP contribution in [0.3, 0.4) is 0 Å². The van der Waals surface area contributed by atoms with Gasteiger partial charge in [-0.3, -0.25) is 0 Å². The molecule has 2 rings (SSSR count). The number of methoxy groups -OCH3 is 1. The van der Waals surface area contributed by atoms with Crippen molar-refractivity contribution in [2.45, 2.75) is 39.2 Å². The summed E-state index contributed by atoms with van der Waals surface area (Å²) in [6.45, 7) is 6.84. The Labute approximate surface area is 158 Å². The van der Waals surface area contributed by atoms with Gasteiger partial charge >= 0.3 is 11.9 Å². The van der Waals surface area contributed by atoms with Crippen molar-refractivity contribution in [2.24, 2.45) is 5.73 Å². The van der Waals surface area contributed by atoms with Crippen LogP contribution >= 0.6 is 0 Å². The van der Waals surface area contributed by atoms with Gasteiger partial charge in [0.25, 0.3) is 0 Å². The molecule has 0 amide bonds. The Balaban J connectivity index is 2.55. The van der Waals surface area contributed by atoms with Crippen molar-refractivity contribution in [1.29, 1.82) is 5.26 Å². The third kappa shape index (κ3) is 4.29. The average Bonchev–Trinajstić information content (AvgIpc) is 2.59. The molecule has 0 bridgehead atoms. The minimum atomic E-state index is -0.759. The summed E-state index contributed by atoms with van der Waals surface area (Å²) >= 11 is 0. The molecular formula is C20H22N2O5. The number of nitrogens with zero attached hydrogens (tertiary/aromatic N) is 1. The highest BCUT2D eigenvalue weighted by Crippen LogP contribution is 2.40. The summed E-state index contributed by atoms with van der Waals surface area (Å²) in [6, 6.07) is 8.42. The number of ether oxygens (including phenoxy) is 3. The molecule has 27 heavy (non-hydrogen) atoms. The van der Waals surface area contributed by atoms with E-state index >= 15 is 0 Å². The van der Waals surface area contributed by atoms with Gasteiger partial charge in [0.05, 0.1) is 24.2 Å². The van der Waals surface area contributed by atoms with Crippen LogP contribution in [0.1, 0.15) is 49.5 Å². The van der Waals surface area contributed by atoms with E-state index in [0.717, 1.165) is 0 Å². The molecule has 1 aromatic carbocycles. The minimum absolute atomic E-state index is 0.0654. The maximum absolute atomic E-state index is 12.8. The lowest BCUT2D eigenvalue weighted by atomic mass is 9.83. The smallest absolute Gasteiger partial charge is 0.338 e. The number of benzene rings is 1. The standard InChI is InChI=1S/C20H22N2O5/c1-11-15(19(24)27-20(2,3)4)16(14(10-21)17(22)26-11)12-6-8-13(9-7-12)18(23)25-5/h6-9,16H,22H2,1-5H3/t16-/m0/s1. The largest absolute Gasteiger partial charge is 0.465 e. The van der Waals surface area contributed by atoms with Crippen LogP contribution in [-0.2, 0) is 19.0 Å². The van der Waals surface area contributed by atoms with Crippen LogP contribution in [0.4, 0.5) is 0 Å². The third-order valence-corrected chi connectivity index (χ3v) is 3.89. The van der Waals surface area contributed by atoms with Crippen LogP contribution in [0, 0.1) is 11.3 Å². The molecule has 1 aliphatic rings. The van der Waals surface area contributed by atoms with Crippen LogP contribution in [0.2, 0.25) is 0 Å². The van der Waals surface area contributed by atoms with Crippen molar-refractivity contribution in [2.75, 3.05) is 7.11 Å². The number of hydrogen-bond donors (Lipinski definition) is 1. The number of rotatable bonds is 3. The van der Waals surface area contributed by atoms with Crippen molar-refractivity contribution in [3.05, 3.63) is 58.2 Å². The normalized spacial score (nSPS) is 17.1. The second-order valence-corrected chi connectivity index (χ2v) is 7.01. The molecule has 7 heteroatoms. The number of nitrogens with two attached hydrogens (primary N) is 1. The van der Waals surface area contributed by atoms with E-state index in [1.807, 2.05) is 6.07 Å². The summed E-state index contributed by atoms with van der Waals surface area (Å²) in [6.07, 6.45) is 0. The van der Waals surface area contributed by atoms with Gasteiger partial charge in [-0.1, -0.05) is 12.1 Å². The highest BCUT2D eigenvalue weighted by Gasteiger charge is 2.37. The number of allylic oxidation sites excluding steroid dienone is 2. The zero-order valence-electron chi connectivity index (χ0n) is 16.0. The summed E-state index contributed by atoms with van der Waals surface area (Å²) < 4.78 is 15.6. The molecule has 0 saturated carbocycles. The van der Waals surface area contributed by atoms with E-state index in [2.05, 4.69) is 4.74 Å². The Morgan fingerprint density at radius 2 is 1.78 bits per heavy atom. The van der Waals surface area contributed by atoms with Gasteiger partial charge in [0.15, 0.2) is 0 Å². The van der Waals surface area contributed by atoms with E-state index in [1.54, 1.807) is 52.0 Å². The molecule has 2 N–H and O–H groups in total. The Bertz CT molecular complexity index is 867. The molecule has 142 valence electrons. The molecule has 1 aliphatic heterocycles. The molecule has 1 atom stereocenters. The highest BCUT2D eigenvalue weighted by molar-refractivity contribution is 5.93. The van der Waals surface area contributed by atoms with Crippen LogP contribution in [0.15, 0.2) is 47.1 Å². The van der Waals surface area contributed by atoms with Crippen LogP contribution in [0.5, 0.6) is 0 Å². The number of carbonyl (C=O) groups excluding carboxylic acids is 2. The quantitative estimate of drug-likeness (QED) is 0.814. The number of hydrogen-bond acceptors (Lipinski definition) is 7. The lowest BCUT2D eigenvalue weighted by Gasteiger charge is -2.29. The van der Waals surface area contributed by atoms with Crippen LogP contribution in [0.25, 0.3) is 0 Å². The van der Waals surface area contributed by atoms with Gasteiger partial charge < -0.3 is 19.9 Å². The first kappa shape index (κ1) is 20.0. The van der Waals surface area contributed by atoms with Crippen molar-refractivity contribution in [3.8, 4) is 6.07 Å². The maximum Gasteiger partial charge on any atom is 0.338 e. The van der Waals surface area contributed by atoms with E-state index < -0.39 is 23.5 Å². The maximum atomic E-state index is 12.8. The Morgan fingerprint density at radius 1 is 1.19 bits per heavy atom. The molecule has 0 radical (unpaired) electrons. The predicted octanol–water partition coefficient (Wildman–Crippen LogP) is 2.90. The lowest BCUT2D eigenvalue weighted by Crippen LogP contribution is -2.30. The SMILES string of the molecule is COC(=O)c1ccc([C@H]2C(C#N)=C(N)OC(C)=C2C(=O)OC(C)(C)C)cc1. The topological polar surface area (TPSA) is 112 Å². The second-order valence-electron chi connectivity index (χ2n) is 7.01. The minimum Gasteiger partial charge on any atom is -0.465 e. The highest BCUT2D eigenvalue weighted by atomic mass is 16.6. The number of esters is 2. The van der Waals surface area contributed by atoms with E-state index in [-0.39, 0.29) is 22.8 Å². The van der Waals surface area contributed by atoms with Crippen LogP contribution < -0.4 is 5.73 Å². The second kappa shape index (κ2) is 7.54. The van der Waals surface area contributed by atoms with E-state index in [1.165, 1.54) is 7.11 Å². The van der Waals surface area contributed by atoms with Gasteiger partial charge in [0.1, 0.15) is 23.0 Å². The molecule has 7 nitrogen and oxygen atoms in total. The molecule has 0 aromatic heterocycles. The molecule has 0 fully saturated rings. The molecule has 1 aromatic rings. The van der Waals surface area contributed by atoms with E-state index in [0.29, 0.717) is 11.1 Å². The summed E-state index contributed by atoms with van der Waals surface area (Å²) in [5.41, 5.74) is 6.40. The molecule has 0 aliphatic carbocycles. The van der Waals surface area contributed by atoms with Gasteiger partial charge in [-0.2, -0.15) is 5.26 Å². The summed E-state index contributed by atoms with van der Waals surface area (Å²) in [4.78, 5) is 24.4. The van der Waals surface area contributed by atoms with Crippen LogP contribution in [-0.4, -0.2) is 24.6 Å². The molecular weight excluding hydrogens is 348 g/mol. The fourth-order valence-electron chi connectivity index (χ4n) is 2.74. The average molecular weight is 370 g/mol. The summed E-state index contributed by atoms with van der Waals surface area (Å²) in [5, 5.41) is 9.58. The Kier molecular flexibility index (Phi) is 5.60. The van der Waals surface area contributed by atoms with Gasteiger partial charge in [-0.25, -0.2) is 9.59 Å². The van der Waals surface area contributed by atoms with E-state index in [9.17, 15) is 14.9 Å². The zero-order chi connectivity index (χ0) is 20.4. The van der Waals surface area contributed by atoms with Gasteiger partial charge in [-0.15, -0.1) is 0 Å². The molecule has 0 spiro atoms. The number of carbonyl (C=O) groups is 2. The Hall–Kier alpha value is -3.27. The first-order valence-electron chi connectivity index (χ1n) is 8.29. The fourth-order valence-corrected chi connectivity index (χ4v) is 2.74. The zero-order valence-corrected chi connectivity index (χ0v) is 16.0. The summed E-state index contributed by atoms with van der Waals surface area (Å²) in [5.74, 6) is -1.64. The molecule has 0 unspecified atom stereocenters. The third-order valence-electron chi connectivity index (χ3n) is 3.89. The molecule has 0 saturated heterocycles. The van der Waals surface area contributed by atoms with E-state index in [4.69, 9.17) is 15.2 Å². The first-order valence-corrected chi connectivity index (χ1v) is 8.29. The first-order chi connectivity index (χ1) is 12.6. The number of nitriles is 1. The van der Waals surface area contributed by atoms with Gasteiger partial charge in [0.2, 0.25) is 5.88 Å². The fraction of sp³-hybridized carbons (Fsp3) is 0.350. The van der Waals surface area contributed by atoms with Gasteiger partial charge in [0, 0.05) is 0 Å². The Morgan fingerprint density at radius 3 is 2.26 bits per heavy atom. The van der Waals surface area contributed by atoms with Crippen molar-refractivity contribution < 1.29 is 23.8 Å². The van der Waals surface area contributed by atoms with Gasteiger partial charge in [-0.05, 0) is 45.4 Å². The predicted molar refractivity (Wildman–Crippen MR) is 97.0 cm³/mol. The van der Waals surface area contributed by atoms with Crippen molar-refractivity contribution >= 4 is 11.9 Å².